The molecule has 0 spiro atoms. The predicted octanol–water partition coefficient (Wildman–Crippen LogP) is 2.63. The molecule has 0 amide bonds. The quantitative estimate of drug-likeness (QED) is 0.640. The molecule has 2 aliphatic heterocycles. The summed E-state index contributed by atoms with van der Waals surface area (Å²) in [5.41, 5.74) is 4.18. The van der Waals surface area contributed by atoms with Crippen LogP contribution in [0.3, 0.4) is 0 Å². The standard InChI is InChI=1S/C22H32N6/c1-4-23-22(27-11-9-19(16-27)20-14-25-26(3)15-20)24-10-12-28-17(2)13-18-7-5-6-8-21(18)28/h5-8,14-15,17,19H,4,9-13,16H2,1-3H3,(H,23,24). The minimum Gasteiger partial charge on any atom is -0.366 e. The van der Waals surface area contributed by atoms with Gasteiger partial charge in [-0.3, -0.25) is 9.67 Å². The summed E-state index contributed by atoms with van der Waals surface area (Å²) in [6.07, 6.45) is 6.44. The molecule has 3 heterocycles. The van der Waals surface area contributed by atoms with E-state index in [-0.39, 0.29) is 0 Å². The van der Waals surface area contributed by atoms with Gasteiger partial charge in [-0.1, -0.05) is 18.2 Å². The third-order valence-corrected chi connectivity index (χ3v) is 5.97. The molecule has 1 N–H and O–H groups in total. The van der Waals surface area contributed by atoms with Gasteiger partial charge in [0.1, 0.15) is 0 Å². The zero-order valence-corrected chi connectivity index (χ0v) is 17.3. The van der Waals surface area contributed by atoms with Crippen LogP contribution in [0.15, 0.2) is 41.7 Å². The Morgan fingerprint density at radius 1 is 1.32 bits per heavy atom. The molecule has 2 unspecified atom stereocenters. The molecule has 6 heteroatoms. The lowest BCUT2D eigenvalue weighted by Crippen LogP contribution is -2.40. The smallest absolute Gasteiger partial charge is 0.193 e. The van der Waals surface area contributed by atoms with Crippen molar-refractivity contribution in [3.05, 3.63) is 47.8 Å². The Morgan fingerprint density at radius 2 is 2.18 bits per heavy atom. The SMILES string of the molecule is CCNC(=NCCN1c2ccccc2CC1C)N1CCC(c2cnn(C)c2)C1. The topological polar surface area (TPSA) is 48.7 Å². The van der Waals surface area contributed by atoms with Crippen molar-refractivity contribution in [3.8, 4) is 0 Å². The number of aromatic nitrogens is 2. The molecule has 0 radical (unpaired) electrons. The van der Waals surface area contributed by atoms with Crippen molar-refractivity contribution in [2.45, 2.75) is 38.6 Å². The Labute approximate surface area is 168 Å². The van der Waals surface area contributed by atoms with E-state index >= 15 is 0 Å². The molecule has 4 rings (SSSR count). The maximum atomic E-state index is 4.97. The monoisotopic (exact) mass is 380 g/mol. The number of nitrogens with one attached hydrogen (secondary N) is 1. The molecule has 150 valence electrons. The Kier molecular flexibility index (Phi) is 5.55. The number of hydrogen-bond donors (Lipinski definition) is 1. The summed E-state index contributed by atoms with van der Waals surface area (Å²) < 4.78 is 1.90. The minimum atomic E-state index is 0.544. The molecular formula is C22H32N6. The Morgan fingerprint density at radius 3 is 2.96 bits per heavy atom. The maximum Gasteiger partial charge on any atom is 0.193 e. The second-order valence-electron chi connectivity index (χ2n) is 7.99. The highest BCUT2D eigenvalue weighted by atomic mass is 15.3. The van der Waals surface area contributed by atoms with Gasteiger partial charge in [0.05, 0.1) is 12.7 Å². The van der Waals surface area contributed by atoms with Crippen LogP contribution >= 0.6 is 0 Å². The summed E-state index contributed by atoms with van der Waals surface area (Å²) >= 11 is 0. The van der Waals surface area contributed by atoms with Crippen molar-refractivity contribution in [2.24, 2.45) is 12.0 Å². The first-order chi connectivity index (χ1) is 13.7. The first-order valence-corrected chi connectivity index (χ1v) is 10.5. The highest BCUT2D eigenvalue weighted by Crippen LogP contribution is 2.31. The molecule has 6 nitrogen and oxygen atoms in total. The van der Waals surface area contributed by atoms with Crippen LogP contribution in [-0.2, 0) is 13.5 Å². The number of benzene rings is 1. The fourth-order valence-corrected chi connectivity index (χ4v) is 4.54. The van der Waals surface area contributed by atoms with E-state index in [0.717, 1.165) is 51.5 Å². The third-order valence-electron chi connectivity index (χ3n) is 5.97. The van der Waals surface area contributed by atoms with E-state index in [9.17, 15) is 0 Å². The average molecular weight is 381 g/mol. The number of nitrogens with zero attached hydrogens (tertiary/aromatic N) is 5. The average Bonchev–Trinajstić information content (AvgIpc) is 3.40. The van der Waals surface area contributed by atoms with Crippen LogP contribution in [0.1, 0.15) is 37.3 Å². The molecule has 28 heavy (non-hydrogen) atoms. The van der Waals surface area contributed by atoms with Crippen LogP contribution in [0.5, 0.6) is 0 Å². The number of likely N-dealkylation sites (tertiary alicyclic amines) is 1. The lowest BCUT2D eigenvalue weighted by molar-refractivity contribution is 0.486. The lowest BCUT2D eigenvalue weighted by Gasteiger charge is -2.25. The van der Waals surface area contributed by atoms with Gasteiger partial charge in [-0.25, -0.2) is 0 Å². The summed E-state index contributed by atoms with van der Waals surface area (Å²) in [4.78, 5) is 9.88. The van der Waals surface area contributed by atoms with Crippen molar-refractivity contribution in [2.75, 3.05) is 37.6 Å². The predicted molar refractivity (Wildman–Crippen MR) is 115 cm³/mol. The summed E-state index contributed by atoms with van der Waals surface area (Å²) in [5.74, 6) is 1.59. The first kappa shape index (κ1) is 18.8. The largest absolute Gasteiger partial charge is 0.366 e. The van der Waals surface area contributed by atoms with E-state index in [1.54, 1.807) is 0 Å². The van der Waals surface area contributed by atoms with Crippen molar-refractivity contribution in [1.82, 2.24) is 20.0 Å². The van der Waals surface area contributed by atoms with Gasteiger partial charge >= 0.3 is 0 Å². The molecular weight excluding hydrogens is 348 g/mol. The van der Waals surface area contributed by atoms with Crippen LogP contribution in [0.4, 0.5) is 5.69 Å². The van der Waals surface area contributed by atoms with E-state index in [0.29, 0.717) is 12.0 Å². The third kappa shape index (κ3) is 3.86. The molecule has 1 aromatic heterocycles. The molecule has 1 fully saturated rings. The van der Waals surface area contributed by atoms with Gasteiger partial charge in [-0.05, 0) is 43.9 Å². The fourth-order valence-electron chi connectivity index (χ4n) is 4.54. The Hall–Kier alpha value is -2.50. The molecule has 2 aliphatic rings. The number of aryl methyl sites for hydroxylation is 1. The van der Waals surface area contributed by atoms with E-state index in [1.165, 1.54) is 16.8 Å². The molecule has 2 atom stereocenters. The number of aliphatic imine (C=N–C) groups is 1. The number of anilines is 1. The molecule has 1 aromatic carbocycles. The fraction of sp³-hybridized carbons (Fsp3) is 0.545. The van der Waals surface area contributed by atoms with Crippen molar-refractivity contribution >= 4 is 11.6 Å². The van der Waals surface area contributed by atoms with E-state index in [4.69, 9.17) is 4.99 Å². The van der Waals surface area contributed by atoms with Crippen LogP contribution in [0, 0.1) is 0 Å². The highest BCUT2D eigenvalue weighted by Gasteiger charge is 2.28. The number of hydrogen-bond acceptors (Lipinski definition) is 3. The summed E-state index contributed by atoms with van der Waals surface area (Å²) in [6.45, 7) is 9.20. The van der Waals surface area contributed by atoms with Crippen molar-refractivity contribution in [1.29, 1.82) is 0 Å². The van der Waals surface area contributed by atoms with Crippen LogP contribution in [-0.4, -0.2) is 59.4 Å². The van der Waals surface area contributed by atoms with Gasteiger partial charge in [-0.15, -0.1) is 0 Å². The molecule has 0 bridgehead atoms. The van der Waals surface area contributed by atoms with Gasteiger partial charge in [0.25, 0.3) is 0 Å². The number of para-hydroxylation sites is 1. The second-order valence-corrected chi connectivity index (χ2v) is 7.99. The van der Waals surface area contributed by atoms with Crippen LogP contribution in [0.25, 0.3) is 0 Å². The van der Waals surface area contributed by atoms with Gasteiger partial charge in [-0.2, -0.15) is 5.10 Å². The molecule has 0 aliphatic carbocycles. The van der Waals surface area contributed by atoms with Gasteiger partial charge in [0.15, 0.2) is 5.96 Å². The molecule has 1 saturated heterocycles. The summed E-state index contributed by atoms with van der Waals surface area (Å²) in [7, 11) is 1.99. The highest BCUT2D eigenvalue weighted by molar-refractivity contribution is 5.80. The summed E-state index contributed by atoms with van der Waals surface area (Å²) in [6, 6.07) is 9.33. The zero-order chi connectivity index (χ0) is 19.5. The Bertz CT molecular complexity index is 826. The van der Waals surface area contributed by atoms with Crippen LogP contribution < -0.4 is 10.2 Å². The van der Waals surface area contributed by atoms with Crippen molar-refractivity contribution < 1.29 is 0 Å². The minimum absolute atomic E-state index is 0.544. The van der Waals surface area contributed by atoms with Gasteiger partial charge in [0, 0.05) is 57.1 Å². The van der Waals surface area contributed by atoms with E-state index in [1.807, 2.05) is 17.9 Å². The van der Waals surface area contributed by atoms with Crippen molar-refractivity contribution in [3.63, 3.8) is 0 Å². The maximum absolute atomic E-state index is 4.97. The Balaban J connectivity index is 1.39. The van der Waals surface area contributed by atoms with E-state index in [2.05, 4.69) is 64.5 Å². The first-order valence-electron chi connectivity index (χ1n) is 10.5. The van der Waals surface area contributed by atoms with E-state index < -0.39 is 0 Å². The zero-order valence-electron chi connectivity index (χ0n) is 17.3. The lowest BCUT2D eigenvalue weighted by atomic mass is 10.0. The molecule has 2 aromatic rings. The van der Waals surface area contributed by atoms with Crippen LogP contribution in [0.2, 0.25) is 0 Å². The second kappa shape index (κ2) is 8.25. The normalized spacial score (nSPS) is 22.0. The van der Waals surface area contributed by atoms with Gasteiger partial charge in [0.2, 0.25) is 0 Å². The summed E-state index contributed by atoms with van der Waals surface area (Å²) in [5, 5.41) is 7.83. The molecule has 0 saturated carbocycles. The van der Waals surface area contributed by atoms with Gasteiger partial charge < -0.3 is 15.1 Å². The number of fused-ring (bicyclic) bond motifs is 1. The number of rotatable bonds is 5. The number of guanidine groups is 1.